The molecule has 0 saturated heterocycles. The van der Waals surface area contributed by atoms with Gasteiger partial charge in [-0.2, -0.15) is 0 Å². The molecule has 0 aliphatic carbocycles. The van der Waals surface area contributed by atoms with Crippen molar-refractivity contribution in [3.05, 3.63) is 121 Å². The molecule has 1 heterocycles. The van der Waals surface area contributed by atoms with Crippen molar-refractivity contribution in [2.24, 2.45) is 0 Å². The van der Waals surface area contributed by atoms with Gasteiger partial charge >= 0.3 is 0 Å². The van der Waals surface area contributed by atoms with Gasteiger partial charge in [0.25, 0.3) is 0 Å². The van der Waals surface area contributed by atoms with Crippen LogP contribution in [0.3, 0.4) is 0 Å². The minimum atomic E-state index is 1.27. The Morgan fingerprint density at radius 2 is 0.727 bits per heavy atom. The molecule has 0 N–H and O–H groups in total. The lowest BCUT2D eigenvalue weighted by atomic mass is 9.92. The summed E-state index contributed by atoms with van der Waals surface area (Å²) in [7, 11) is 0. The first-order chi connectivity index (χ1) is 16.4. The van der Waals surface area contributed by atoms with Crippen molar-refractivity contribution < 1.29 is 0 Å². The van der Waals surface area contributed by atoms with Crippen molar-refractivity contribution in [3.8, 4) is 22.3 Å². The van der Waals surface area contributed by atoms with Gasteiger partial charge in [0.15, 0.2) is 0 Å². The van der Waals surface area contributed by atoms with Gasteiger partial charge in [0.1, 0.15) is 0 Å². The molecule has 1 heteroatoms. The fourth-order valence-corrected chi connectivity index (χ4v) is 6.43. The van der Waals surface area contributed by atoms with E-state index in [4.69, 9.17) is 0 Å². The van der Waals surface area contributed by atoms with Gasteiger partial charge in [-0.05, 0) is 55.9 Å². The van der Waals surface area contributed by atoms with Crippen molar-refractivity contribution in [2.75, 3.05) is 0 Å². The highest BCUT2D eigenvalue weighted by Crippen LogP contribution is 2.47. The van der Waals surface area contributed by atoms with E-state index in [1.165, 1.54) is 64.0 Å². The molecule has 154 valence electrons. The van der Waals surface area contributed by atoms with Crippen molar-refractivity contribution >= 4 is 53.1 Å². The summed E-state index contributed by atoms with van der Waals surface area (Å²) >= 11 is 1.91. The van der Waals surface area contributed by atoms with Crippen molar-refractivity contribution in [3.63, 3.8) is 0 Å². The Kier molecular flexibility index (Phi) is 4.12. The summed E-state index contributed by atoms with van der Waals surface area (Å²) in [4.78, 5) is 0. The number of fused-ring (bicyclic) bond motifs is 7. The predicted octanol–water partition coefficient (Wildman–Crippen LogP) is 9.69. The largest absolute Gasteiger partial charge is 0.135 e. The van der Waals surface area contributed by atoms with Crippen LogP contribution in [0.25, 0.3) is 64.0 Å². The number of rotatable bonds is 2. The molecule has 0 spiro atoms. The predicted molar refractivity (Wildman–Crippen MR) is 145 cm³/mol. The fourth-order valence-electron chi connectivity index (χ4n) is 5.21. The molecule has 0 radical (unpaired) electrons. The van der Waals surface area contributed by atoms with Crippen LogP contribution in [0, 0.1) is 0 Å². The smallest absolute Gasteiger partial charge is 0.0368 e. The summed E-state index contributed by atoms with van der Waals surface area (Å²) in [5, 5.41) is 8.04. The molecule has 0 nitrogen and oxygen atoms in total. The van der Waals surface area contributed by atoms with Crippen LogP contribution < -0.4 is 0 Å². The molecular weight excluding hydrogens is 416 g/mol. The molecule has 0 unspecified atom stereocenters. The maximum absolute atomic E-state index is 2.40. The van der Waals surface area contributed by atoms with E-state index in [1.807, 2.05) is 11.3 Å². The zero-order valence-corrected chi connectivity index (χ0v) is 18.8. The van der Waals surface area contributed by atoms with E-state index in [0.717, 1.165) is 0 Å². The first-order valence-corrected chi connectivity index (χ1v) is 12.1. The van der Waals surface area contributed by atoms with Gasteiger partial charge in [0.2, 0.25) is 0 Å². The lowest BCUT2D eigenvalue weighted by Gasteiger charge is -2.11. The fraction of sp³-hybridized carbons (Fsp3) is 0. The van der Waals surface area contributed by atoms with E-state index >= 15 is 0 Å². The van der Waals surface area contributed by atoms with Crippen LogP contribution >= 0.6 is 11.3 Å². The Morgan fingerprint density at radius 3 is 1.15 bits per heavy atom. The van der Waals surface area contributed by atoms with Gasteiger partial charge in [0.05, 0.1) is 0 Å². The molecule has 0 atom stereocenters. The summed E-state index contributed by atoms with van der Waals surface area (Å²) in [6.45, 7) is 0. The Bertz CT molecular complexity index is 1660. The van der Waals surface area contributed by atoms with Gasteiger partial charge in [-0.1, -0.05) is 109 Å². The summed E-state index contributed by atoms with van der Waals surface area (Å²) < 4.78 is 2.69. The third kappa shape index (κ3) is 2.83. The highest BCUT2D eigenvalue weighted by molar-refractivity contribution is 7.26. The molecule has 7 rings (SSSR count). The highest BCUT2D eigenvalue weighted by atomic mass is 32.1. The van der Waals surface area contributed by atoms with Crippen molar-refractivity contribution in [2.45, 2.75) is 0 Å². The van der Waals surface area contributed by atoms with Gasteiger partial charge in [-0.3, -0.25) is 0 Å². The third-order valence-corrected chi connectivity index (χ3v) is 7.74. The molecular formula is C32H20S. The number of benzene rings is 6. The summed E-state index contributed by atoms with van der Waals surface area (Å²) in [6, 6.07) is 44.1. The van der Waals surface area contributed by atoms with E-state index in [2.05, 4.69) is 121 Å². The van der Waals surface area contributed by atoms with E-state index in [9.17, 15) is 0 Å². The SMILES string of the molecule is c1ccc(-c2cc3sc4cc(-c5ccccc5)c5ccccc5c4c3c3ccccc23)cc1. The highest BCUT2D eigenvalue weighted by Gasteiger charge is 2.17. The second-order valence-electron chi connectivity index (χ2n) is 8.52. The lowest BCUT2D eigenvalue weighted by Crippen LogP contribution is -1.84. The molecule has 0 amide bonds. The second-order valence-corrected chi connectivity index (χ2v) is 9.60. The first kappa shape index (κ1) is 18.6. The first-order valence-electron chi connectivity index (χ1n) is 11.3. The molecule has 7 aromatic rings. The summed E-state index contributed by atoms with van der Waals surface area (Å²) in [6.07, 6.45) is 0. The zero-order valence-electron chi connectivity index (χ0n) is 18.0. The molecule has 6 aromatic carbocycles. The minimum absolute atomic E-state index is 1.27. The molecule has 0 saturated carbocycles. The topological polar surface area (TPSA) is 0 Å². The monoisotopic (exact) mass is 436 g/mol. The molecule has 33 heavy (non-hydrogen) atoms. The summed E-state index contributed by atoms with van der Waals surface area (Å²) in [5.74, 6) is 0. The number of thiophene rings is 1. The molecule has 1 aromatic heterocycles. The second kappa shape index (κ2) is 7.30. The van der Waals surface area contributed by atoms with Crippen LogP contribution in [0.5, 0.6) is 0 Å². The van der Waals surface area contributed by atoms with Gasteiger partial charge in [0, 0.05) is 20.2 Å². The van der Waals surface area contributed by atoms with Gasteiger partial charge in [-0.25, -0.2) is 0 Å². The normalized spacial score (nSPS) is 11.6. The van der Waals surface area contributed by atoms with Crippen LogP contribution in [-0.2, 0) is 0 Å². The van der Waals surface area contributed by atoms with Crippen LogP contribution in [0.15, 0.2) is 121 Å². The average Bonchev–Trinajstić information content (AvgIpc) is 3.28. The Balaban J connectivity index is 1.67. The van der Waals surface area contributed by atoms with Crippen LogP contribution in [0.1, 0.15) is 0 Å². The lowest BCUT2D eigenvalue weighted by molar-refractivity contribution is 1.67. The van der Waals surface area contributed by atoms with Crippen LogP contribution in [-0.4, -0.2) is 0 Å². The maximum atomic E-state index is 2.40. The average molecular weight is 437 g/mol. The van der Waals surface area contributed by atoms with Crippen LogP contribution in [0.4, 0.5) is 0 Å². The van der Waals surface area contributed by atoms with Gasteiger partial charge < -0.3 is 0 Å². The van der Waals surface area contributed by atoms with E-state index < -0.39 is 0 Å². The minimum Gasteiger partial charge on any atom is -0.135 e. The third-order valence-electron chi connectivity index (χ3n) is 6.66. The molecule has 0 bridgehead atoms. The van der Waals surface area contributed by atoms with E-state index in [-0.39, 0.29) is 0 Å². The Labute approximate surface area is 196 Å². The molecule has 0 aliphatic rings. The number of hydrogen-bond acceptors (Lipinski definition) is 1. The van der Waals surface area contributed by atoms with E-state index in [1.54, 1.807) is 0 Å². The Hall–Kier alpha value is -3.94. The van der Waals surface area contributed by atoms with Crippen molar-refractivity contribution in [1.82, 2.24) is 0 Å². The summed E-state index contributed by atoms with van der Waals surface area (Å²) in [5.41, 5.74) is 5.14. The maximum Gasteiger partial charge on any atom is 0.0368 e. The van der Waals surface area contributed by atoms with Crippen molar-refractivity contribution in [1.29, 1.82) is 0 Å². The quantitative estimate of drug-likeness (QED) is 0.253. The molecule has 0 fully saturated rings. The van der Waals surface area contributed by atoms with E-state index in [0.29, 0.717) is 0 Å². The zero-order chi connectivity index (χ0) is 21.8. The Morgan fingerprint density at radius 1 is 0.364 bits per heavy atom. The number of hydrogen-bond donors (Lipinski definition) is 0. The van der Waals surface area contributed by atoms with Crippen LogP contribution in [0.2, 0.25) is 0 Å². The molecule has 0 aliphatic heterocycles. The van der Waals surface area contributed by atoms with Gasteiger partial charge in [-0.15, -0.1) is 11.3 Å². The standard InChI is InChI=1S/C32H20S/c1-3-11-21(12-4-1)27-19-29-31(25-17-9-7-15-23(25)27)32-26-18-10-8-16-24(26)28(20-30(32)33-29)22-13-5-2-6-14-22/h1-20H.